The van der Waals surface area contributed by atoms with Crippen molar-refractivity contribution in [1.82, 2.24) is 0 Å². The van der Waals surface area contributed by atoms with Crippen molar-refractivity contribution in [3.05, 3.63) is 78.9 Å². The zero-order chi connectivity index (χ0) is 24.0. The second-order valence-electron chi connectivity index (χ2n) is 0. The van der Waals surface area contributed by atoms with E-state index in [0.29, 0.717) is 0 Å². The van der Waals surface area contributed by atoms with Gasteiger partial charge in [-0.15, -0.1) is 0 Å². The maximum absolute atomic E-state index is 6.25. The first-order valence-corrected chi connectivity index (χ1v) is 2.68. The van der Waals surface area contributed by atoms with Crippen LogP contribution in [0, 0.1) is 142 Å². The smallest absolute Gasteiger partial charge is 0.512 e. The normalized spacial score (nSPS) is 0.750. The van der Waals surface area contributed by atoms with Gasteiger partial charge in [0.05, 0.1) is 0 Å². The summed E-state index contributed by atoms with van der Waals surface area (Å²) in [4.78, 5) is 0. The third kappa shape index (κ3) is 294000. The second kappa shape index (κ2) is 325000. The topological polar surface area (TPSA) is 285 Å². The van der Waals surface area contributed by atoms with Crippen molar-refractivity contribution in [2.75, 3.05) is 0 Å². The van der Waals surface area contributed by atoms with E-state index in [1.165, 1.54) is 0 Å². The van der Waals surface area contributed by atoms with Gasteiger partial charge < -0.3 is 142 Å². The minimum Gasteiger partial charge on any atom is -0.512 e. The van der Waals surface area contributed by atoms with Gasteiger partial charge in [0.25, 0.3) is 0 Å². The van der Waals surface area contributed by atoms with Crippen LogP contribution in [-0.4, -0.2) is 0 Å². The third-order valence-corrected chi connectivity index (χ3v) is 0. The molecule has 0 bridgehead atoms. The Morgan fingerprint density at radius 2 is 0.188 bits per heavy atom. The van der Waals surface area contributed by atoms with Crippen molar-refractivity contribution >= 4 is 0 Å². The van der Waals surface area contributed by atoms with Gasteiger partial charge >= 0.3 is 179 Å². The third-order valence-electron chi connectivity index (χ3n) is 0. The van der Waals surface area contributed by atoms with Gasteiger partial charge in [0.15, 0.2) is 0 Å². The molecule has 0 aromatic carbocycles. The predicted octanol–water partition coefficient (Wildman–Crippen LogP) is -16.8. The van der Waals surface area contributed by atoms with Crippen molar-refractivity contribution in [3.8, 4) is 0 Å². The zero-order valence-corrected chi connectivity index (χ0v) is 26.3. The molecule has 0 rings (SSSR count). The van der Waals surface area contributed by atoms with E-state index in [0.717, 1.165) is 0 Å². The predicted molar refractivity (Wildman–Crippen MR) is 59.6 cm³/mol. The number of hydrogen-bond donors (Lipinski definition) is 0. The summed E-state index contributed by atoms with van der Waals surface area (Å²) >= 11 is 0. The molecule has 0 aromatic rings. The van der Waals surface area contributed by atoms with E-state index in [4.69, 9.17) is 142 Å². The van der Waals surface area contributed by atoms with E-state index in [2.05, 4.69) is 0 Å². The molecule has 12 nitrogen and oxygen atoms in total. The summed E-state index contributed by atoms with van der Waals surface area (Å²) in [5.74, 6) is 0. The van der Waals surface area contributed by atoms with Crippen molar-refractivity contribution in [3.63, 3.8) is 0 Å². The summed E-state index contributed by atoms with van der Waals surface area (Å²) in [5.41, 5.74) is 0. The van der Waals surface area contributed by atoms with E-state index >= 15 is 0 Å². The quantitative estimate of drug-likeness (QED) is 0.215. The molecule has 130 valence electrons. The molecule has 0 atom stereocenters. The molecule has 2 radical (unpaired) electrons. The molecule has 20 heteroatoms. The van der Waals surface area contributed by atoms with Crippen LogP contribution in [0.15, 0.2) is 0 Å². The van der Waals surface area contributed by atoms with E-state index in [9.17, 15) is 0 Å². The molecular formula is C12Fe2Li3N12Na3. The SMILES string of the molecule is [C-]#N.[C-]#N.[C-]#N.[C-]#N.[C-]#N.[C-]#N.[C-]#N.[C-]#N.[C-]#N.[C-]#N.[C-]#N.[C-]#N.[Fe+3].[Fe+3].[Li+].[Li+].[Li+].[Na+].[Na+].[Na+]. The monoisotopic (exact) mass is 514 g/mol. The molecule has 0 saturated heterocycles. The molecule has 0 heterocycles. The van der Waals surface area contributed by atoms with Gasteiger partial charge in [0.1, 0.15) is 0 Å². The molecule has 0 N–H and O–H groups in total. The van der Waals surface area contributed by atoms with Crippen LogP contribution in [0.1, 0.15) is 0 Å². The second-order valence-corrected chi connectivity index (χ2v) is 0. The number of hydrogen-bond acceptors (Lipinski definition) is 12. The largest absolute Gasteiger partial charge is 3.00 e. The van der Waals surface area contributed by atoms with E-state index < -0.39 is 0 Å². The molecule has 0 aliphatic carbocycles. The van der Waals surface area contributed by atoms with Crippen molar-refractivity contribution in [2.45, 2.75) is 0 Å². The summed E-state index contributed by atoms with van der Waals surface area (Å²) in [6.07, 6.45) is 0. The minimum atomic E-state index is 0. The molecule has 0 amide bonds. The molecule has 0 spiro atoms. The van der Waals surface area contributed by atoms with Crippen LogP contribution in [-0.2, 0) is 34.1 Å². The first kappa shape index (κ1) is 218. The maximum Gasteiger partial charge on any atom is 3.00 e. The first-order chi connectivity index (χ1) is 12.0. The Balaban J connectivity index is -0.00000000267. The van der Waals surface area contributed by atoms with Crippen LogP contribution >= 0.6 is 0 Å². The molecule has 0 aromatic heterocycles. The first-order valence-electron chi connectivity index (χ1n) is 2.68. The van der Waals surface area contributed by atoms with Gasteiger partial charge in [-0.2, -0.15) is 0 Å². The van der Waals surface area contributed by atoms with Gasteiger partial charge in [0, 0.05) is 0 Å². The summed E-state index contributed by atoms with van der Waals surface area (Å²) < 4.78 is 0. The van der Waals surface area contributed by atoms with Gasteiger partial charge in [-0.25, -0.2) is 0 Å². The Hall–Kier alpha value is -0.289. The standard InChI is InChI=1S/12CN.2Fe.3Li.3Na/c12*1-2;;;;;;;;/q12*-1;2*+3;6*+1. The van der Waals surface area contributed by atoms with Crippen molar-refractivity contribution < 1.29 is 179 Å². The van der Waals surface area contributed by atoms with Crippen LogP contribution in [0.3, 0.4) is 0 Å². The number of nitrogens with zero attached hydrogens (tertiary/aromatic N) is 12. The van der Waals surface area contributed by atoms with Gasteiger partial charge in [-0.1, -0.05) is 0 Å². The molecule has 0 aliphatic rings. The van der Waals surface area contributed by atoms with E-state index in [1.807, 2.05) is 0 Å². The minimum absolute atomic E-state index is 0. The fourth-order valence-electron chi connectivity index (χ4n) is 0. The fourth-order valence-corrected chi connectivity index (χ4v) is 0. The van der Waals surface area contributed by atoms with E-state index in [-0.39, 0.29) is 179 Å². The average molecular weight is 514 g/mol. The number of rotatable bonds is 0. The fraction of sp³-hybridized carbons (Fsp3) is 0. The van der Waals surface area contributed by atoms with Crippen LogP contribution in [0.4, 0.5) is 0 Å². The summed E-state index contributed by atoms with van der Waals surface area (Å²) in [5, 5.41) is 75.0. The molecule has 0 aliphatic heterocycles. The molecule has 0 unspecified atom stereocenters. The Morgan fingerprint density at radius 3 is 0.188 bits per heavy atom. The Morgan fingerprint density at radius 1 is 0.188 bits per heavy atom. The van der Waals surface area contributed by atoms with Crippen molar-refractivity contribution in [1.29, 1.82) is 63.1 Å². The Bertz CT molecular complexity index is 249. The Labute approximate surface area is 316 Å². The van der Waals surface area contributed by atoms with Crippen molar-refractivity contribution in [2.24, 2.45) is 0 Å². The summed E-state index contributed by atoms with van der Waals surface area (Å²) in [7, 11) is 0. The zero-order valence-electron chi connectivity index (χ0n) is 18.1. The van der Waals surface area contributed by atoms with Gasteiger partial charge in [-0.05, 0) is 0 Å². The van der Waals surface area contributed by atoms with Crippen LogP contribution < -0.4 is 145 Å². The summed E-state index contributed by atoms with van der Waals surface area (Å²) in [6, 6.07) is 0. The molecular weight excluding hydrogens is 514 g/mol. The Kier molecular flexibility index (Phi) is 2210000. The van der Waals surface area contributed by atoms with Gasteiger partial charge in [-0.3, -0.25) is 0 Å². The molecule has 0 fully saturated rings. The van der Waals surface area contributed by atoms with Gasteiger partial charge in [0.2, 0.25) is 0 Å². The summed E-state index contributed by atoms with van der Waals surface area (Å²) in [6.45, 7) is 57.0. The average Bonchev–Trinajstić information content (AvgIpc) is 2.84. The molecule has 32 heavy (non-hydrogen) atoms. The van der Waals surface area contributed by atoms with Crippen LogP contribution in [0.5, 0.6) is 0 Å². The van der Waals surface area contributed by atoms with E-state index in [1.54, 1.807) is 0 Å². The maximum atomic E-state index is 6.25. The van der Waals surface area contributed by atoms with Crippen LogP contribution in [0.2, 0.25) is 0 Å². The van der Waals surface area contributed by atoms with Crippen LogP contribution in [0.25, 0.3) is 0 Å². The molecule has 0 saturated carbocycles.